The molecule has 4 aromatic rings. The molecule has 0 unspecified atom stereocenters. The van der Waals surface area contributed by atoms with E-state index < -0.39 is 23.3 Å². The number of likely N-dealkylation sites (N-methyl/N-ethyl adjacent to an activating group) is 1. The number of nitrogens with one attached hydrogen (secondary N) is 1. The Morgan fingerprint density at radius 2 is 1.94 bits per heavy atom. The number of thiophene rings is 1. The number of carbonyl (C=O) groups excluding carboxylic acids is 1. The summed E-state index contributed by atoms with van der Waals surface area (Å²) in [5.74, 6) is -0.901. The number of aromatic nitrogens is 3. The van der Waals surface area contributed by atoms with Gasteiger partial charge in [-0.15, -0.1) is 11.3 Å². The minimum absolute atomic E-state index is 0.0337. The predicted molar refractivity (Wildman–Crippen MR) is 180 cm³/mol. The van der Waals surface area contributed by atoms with Crippen LogP contribution in [-0.2, 0) is 22.7 Å². The Hall–Kier alpha value is -4.03. The second-order valence-corrected chi connectivity index (χ2v) is 15.4. The number of amides is 1. The van der Waals surface area contributed by atoms with Crippen molar-refractivity contribution in [3.05, 3.63) is 40.7 Å². The van der Waals surface area contributed by atoms with Crippen molar-refractivity contribution in [2.75, 3.05) is 50.0 Å². The van der Waals surface area contributed by atoms with Crippen LogP contribution in [0.5, 0.6) is 0 Å². The van der Waals surface area contributed by atoms with Crippen LogP contribution >= 0.6 is 11.3 Å². The molecule has 14 heteroatoms. The number of hydrogen-bond acceptors (Lipinski definition) is 11. The van der Waals surface area contributed by atoms with Crippen LogP contribution in [0.3, 0.4) is 0 Å². The minimum Gasteiger partial charge on any atom is -0.444 e. The number of rotatable bonds is 4. The van der Waals surface area contributed by atoms with E-state index in [0.717, 1.165) is 62.2 Å². The zero-order valence-corrected chi connectivity index (χ0v) is 28.7. The van der Waals surface area contributed by atoms with Crippen LogP contribution in [0.4, 0.5) is 24.5 Å². The molecule has 0 radical (unpaired) electrons. The van der Waals surface area contributed by atoms with Gasteiger partial charge in [0.2, 0.25) is 5.95 Å². The van der Waals surface area contributed by atoms with Crippen molar-refractivity contribution >= 4 is 49.4 Å². The van der Waals surface area contributed by atoms with Crippen molar-refractivity contribution < 1.29 is 23.0 Å². The highest BCUT2D eigenvalue weighted by atomic mass is 32.1. The van der Waals surface area contributed by atoms with Gasteiger partial charge in [-0.2, -0.15) is 5.26 Å². The minimum atomic E-state index is -0.795. The van der Waals surface area contributed by atoms with Gasteiger partial charge in [0.15, 0.2) is 11.6 Å². The number of nitrogens with zero attached hydrogens (tertiary/aromatic N) is 7. The van der Waals surface area contributed by atoms with Gasteiger partial charge in [-0.3, -0.25) is 20.1 Å². The van der Waals surface area contributed by atoms with Gasteiger partial charge in [0.1, 0.15) is 22.2 Å². The second kappa shape index (κ2) is 11.8. The number of nitriles is 1. The number of pyridine rings is 1. The van der Waals surface area contributed by atoms with Gasteiger partial charge in [0.05, 0.1) is 35.4 Å². The highest BCUT2D eigenvalue weighted by Gasteiger charge is 2.38. The standard InChI is InChI=1S/C34H38F2N8O3S/c1-33(2,3)47-32(45)41-30-19(11-37)25-28(38-13-23(35)29(25)48-30)24-22-16-46-15-21(22)20-12-39-31(40-27(20)26(24)36)43-8-7-18(14-43)44-10-9-42(6)34(4,5)17-44/h12-13,18H,7-10,14-17H2,1-6H3,(H,41,45)/t18-/m1/s1. The summed E-state index contributed by atoms with van der Waals surface area (Å²) in [5, 5.41) is 13.5. The number of ether oxygens (including phenoxy) is 2. The summed E-state index contributed by atoms with van der Waals surface area (Å²) < 4.78 is 43.4. The van der Waals surface area contributed by atoms with Crippen molar-refractivity contribution in [2.24, 2.45) is 0 Å². The normalized spacial score (nSPS) is 20.0. The van der Waals surface area contributed by atoms with E-state index in [1.165, 1.54) is 0 Å². The van der Waals surface area contributed by atoms with Gasteiger partial charge < -0.3 is 14.4 Å². The van der Waals surface area contributed by atoms with Crippen LogP contribution in [0.15, 0.2) is 12.4 Å². The number of fused-ring (bicyclic) bond motifs is 4. The molecule has 0 saturated carbocycles. The molecule has 1 aromatic carbocycles. The number of piperazine rings is 1. The van der Waals surface area contributed by atoms with Crippen molar-refractivity contribution in [1.82, 2.24) is 24.8 Å². The smallest absolute Gasteiger partial charge is 0.412 e. The molecule has 0 bridgehead atoms. The maximum absolute atomic E-state index is 17.0. The summed E-state index contributed by atoms with van der Waals surface area (Å²) in [6.45, 7) is 14.4. The molecule has 2 saturated heterocycles. The van der Waals surface area contributed by atoms with Crippen molar-refractivity contribution in [3.63, 3.8) is 0 Å². The van der Waals surface area contributed by atoms with Gasteiger partial charge in [0.25, 0.3) is 0 Å². The van der Waals surface area contributed by atoms with Crippen molar-refractivity contribution in [3.8, 4) is 17.3 Å². The molecule has 2 fully saturated rings. The number of hydrogen-bond donors (Lipinski definition) is 1. The maximum atomic E-state index is 17.0. The van der Waals surface area contributed by atoms with Crippen LogP contribution < -0.4 is 10.2 Å². The van der Waals surface area contributed by atoms with Crippen LogP contribution in [0.1, 0.15) is 57.7 Å². The molecule has 6 heterocycles. The van der Waals surface area contributed by atoms with Crippen LogP contribution in [-0.4, -0.2) is 87.8 Å². The van der Waals surface area contributed by atoms with Crippen LogP contribution in [0.25, 0.3) is 32.2 Å². The second-order valence-electron chi connectivity index (χ2n) is 14.4. The van der Waals surface area contributed by atoms with E-state index in [9.17, 15) is 10.1 Å². The number of halogens is 2. The van der Waals surface area contributed by atoms with E-state index in [4.69, 9.17) is 14.5 Å². The Bertz CT molecular complexity index is 2000. The summed E-state index contributed by atoms with van der Waals surface area (Å²) in [6, 6.07) is 2.42. The zero-order chi connectivity index (χ0) is 34.1. The van der Waals surface area contributed by atoms with Crippen LogP contribution in [0, 0.1) is 23.0 Å². The fraction of sp³-hybridized carbons (Fsp3) is 0.500. The molecule has 48 heavy (non-hydrogen) atoms. The molecule has 3 aliphatic rings. The fourth-order valence-corrected chi connectivity index (χ4v) is 8.00. The molecule has 1 amide bonds. The predicted octanol–water partition coefficient (Wildman–Crippen LogP) is 6.04. The Morgan fingerprint density at radius 1 is 1.17 bits per heavy atom. The third kappa shape index (κ3) is 5.62. The summed E-state index contributed by atoms with van der Waals surface area (Å²) >= 11 is 0.870. The maximum Gasteiger partial charge on any atom is 0.412 e. The first-order valence-corrected chi connectivity index (χ1v) is 16.9. The quantitative estimate of drug-likeness (QED) is 0.274. The van der Waals surface area contributed by atoms with Crippen molar-refractivity contribution in [1.29, 1.82) is 5.26 Å². The lowest BCUT2D eigenvalue weighted by Gasteiger charge is -2.47. The van der Waals surface area contributed by atoms with Gasteiger partial charge >= 0.3 is 6.09 Å². The van der Waals surface area contributed by atoms with Crippen molar-refractivity contribution in [2.45, 2.75) is 71.4 Å². The molecule has 3 aromatic heterocycles. The molecule has 7 rings (SSSR count). The molecule has 11 nitrogen and oxygen atoms in total. The van der Waals surface area contributed by atoms with E-state index in [-0.39, 0.29) is 56.2 Å². The average Bonchev–Trinajstić information content (AvgIpc) is 3.78. The van der Waals surface area contributed by atoms with Gasteiger partial charge in [0, 0.05) is 66.8 Å². The fourth-order valence-electron chi connectivity index (χ4n) is 6.96. The first-order chi connectivity index (χ1) is 22.8. The highest BCUT2D eigenvalue weighted by Crippen LogP contribution is 2.46. The average molecular weight is 677 g/mol. The topological polar surface area (TPSA) is 120 Å². The van der Waals surface area contributed by atoms with Gasteiger partial charge in [-0.05, 0) is 59.2 Å². The van der Waals surface area contributed by atoms with E-state index >= 15 is 8.78 Å². The summed E-state index contributed by atoms with van der Waals surface area (Å²) in [6.07, 6.45) is 2.83. The molecular formula is C34H38F2N8O3S. The monoisotopic (exact) mass is 676 g/mol. The SMILES string of the molecule is CN1CCN([C@@H]2CCN(c3ncc4c5c(c(-c6ncc(F)c7sc(NC(=O)OC(C)(C)C)c(C#N)c67)c(F)c4n3)COC5)C2)CC1(C)C. The number of carbonyl (C=O) groups is 1. The molecule has 1 atom stereocenters. The molecule has 1 N–H and O–H groups in total. The molecular weight excluding hydrogens is 638 g/mol. The highest BCUT2D eigenvalue weighted by molar-refractivity contribution is 7.23. The van der Waals surface area contributed by atoms with E-state index in [1.807, 2.05) is 0 Å². The Kier molecular flexibility index (Phi) is 8.02. The first-order valence-electron chi connectivity index (χ1n) is 16.0. The molecule has 3 aliphatic heterocycles. The summed E-state index contributed by atoms with van der Waals surface area (Å²) in [4.78, 5) is 33.4. The Labute approximate surface area is 281 Å². The van der Waals surface area contributed by atoms with Gasteiger partial charge in [-0.25, -0.2) is 23.5 Å². The van der Waals surface area contributed by atoms with Crippen LogP contribution in [0.2, 0.25) is 0 Å². The molecule has 252 valence electrons. The Morgan fingerprint density at radius 3 is 2.67 bits per heavy atom. The van der Waals surface area contributed by atoms with E-state index in [1.54, 1.807) is 27.0 Å². The number of benzene rings is 1. The molecule has 0 aliphatic carbocycles. The largest absolute Gasteiger partial charge is 0.444 e. The molecule has 0 spiro atoms. The lowest BCUT2D eigenvalue weighted by molar-refractivity contribution is 0.0213. The van der Waals surface area contributed by atoms with Gasteiger partial charge in [-0.1, -0.05) is 0 Å². The summed E-state index contributed by atoms with van der Waals surface area (Å²) in [5.41, 5.74) is 0.821. The third-order valence-electron chi connectivity index (χ3n) is 9.63. The number of anilines is 2. The first kappa shape index (κ1) is 32.5. The third-order valence-corrected chi connectivity index (χ3v) is 10.7. The Balaban J connectivity index is 1.29. The van der Waals surface area contributed by atoms with E-state index in [2.05, 4.69) is 56.9 Å². The summed E-state index contributed by atoms with van der Waals surface area (Å²) in [7, 11) is 2.16. The lowest BCUT2D eigenvalue weighted by Crippen LogP contribution is -2.60. The lowest BCUT2D eigenvalue weighted by atomic mass is 9.94. The zero-order valence-electron chi connectivity index (χ0n) is 27.9. The van der Waals surface area contributed by atoms with E-state index in [0.29, 0.717) is 22.9 Å².